The zero-order valence-electron chi connectivity index (χ0n) is 14.2. The van der Waals surface area contributed by atoms with E-state index in [1.54, 1.807) is 43.3 Å². The summed E-state index contributed by atoms with van der Waals surface area (Å²) in [6.07, 6.45) is 0.911. The molecule has 3 aromatic rings. The molecule has 0 amide bonds. The fourth-order valence-corrected chi connectivity index (χ4v) is 2.79. The molecule has 0 bridgehead atoms. The first-order valence-corrected chi connectivity index (χ1v) is 8.24. The number of hydrogen-bond donors (Lipinski definition) is 0. The minimum Gasteiger partial charge on any atom is -0.203 e. The Labute approximate surface area is 147 Å². The largest absolute Gasteiger partial charge is 0.203 e. The van der Waals surface area contributed by atoms with Gasteiger partial charge in [-0.15, -0.1) is 5.92 Å². The van der Waals surface area contributed by atoms with Crippen LogP contribution in [0.1, 0.15) is 25.0 Å². The monoisotopic (exact) mass is 332 g/mol. The molecule has 0 radical (unpaired) electrons. The summed E-state index contributed by atoms with van der Waals surface area (Å²) < 4.78 is 29.2. The molecule has 3 rings (SSSR count). The average Bonchev–Trinajstić information content (AvgIpc) is 2.65. The molecule has 0 N–H and O–H groups in total. The van der Waals surface area contributed by atoms with Crippen molar-refractivity contribution in [3.05, 3.63) is 83.4 Å². The van der Waals surface area contributed by atoms with Crippen LogP contribution in [0.25, 0.3) is 22.3 Å². The summed E-state index contributed by atoms with van der Waals surface area (Å²) in [6.45, 7) is 3.82. The van der Waals surface area contributed by atoms with Gasteiger partial charge in [-0.05, 0) is 42.2 Å². The minimum absolute atomic E-state index is 0.252. The van der Waals surface area contributed by atoms with Crippen LogP contribution in [0.3, 0.4) is 0 Å². The van der Waals surface area contributed by atoms with E-state index in [4.69, 9.17) is 0 Å². The molecule has 0 aliphatic heterocycles. The third-order valence-electron chi connectivity index (χ3n) is 4.22. The van der Waals surface area contributed by atoms with Crippen molar-refractivity contribution in [2.75, 3.05) is 0 Å². The maximum absolute atomic E-state index is 14.6. The smallest absolute Gasteiger partial charge is 0.167 e. The van der Waals surface area contributed by atoms with Gasteiger partial charge < -0.3 is 0 Å². The first-order chi connectivity index (χ1) is 12.1. The van der Waals surface area contributed by atoms with Crippen molar-refractivity contribution in [1.82, 2.24) is 0 Å². The van der Waals surface area contributed by atoms with Crippen molar-refractivity contribution in [3.8, 4) is 34.1 Å². The molecule has 0 saturated carbocycles. The number of benzene rings is 3. The fraction of sp³-hybridized carbons (Fsp3) is 0.130. The molecule has 0 atom stereocenters. The Morgan fingerprint density at radius 1 is 0.720 bits per heavy atom. The lowest BCUT2D eigenvalue weighted by atomic mass is 9.97. The van der Waals surface area contributed by atoms with Crippen molar-refractivity contribution in [2.45, 2.75) is 20.3 Å². The highest BCUT2D eigenvalue weighted by molar-refractivity contribution is 5.72. The van der Waals surface area contributed by atoms with E-state index in [-0.39, 0.29) is 11.1 Å². The maximum atomic E-state index is 14.6. The van der Waals surface area contributed by atoms with Gasteiger partial charge in [0.2, 0.25) is 0 Å². The molecule has 0 heterocycles. The van der Waals surface area contributed by atoms with Gasteiger partial charge in [-0.2, -0.15) is 0 Å². The summed E-state index contributed by atoms with van der Waals surface area (Å²) >= 11 is 0. The van der Waals surface area contributed by atoms with Gasteiger partial charge in [0.25, 0.3) is 0 Å². The van der Waals surface area contributed by atoms with E-state index < -0.39 is 11.6 Å². The second-order valence-corrected chi connectivity index (χ2v) is 5.79. The number of rotatable bonds is 3. The van der Waals surface area contributed by atoms with Gasteiger partial charge in [-0.1, -0.05) is 61.4 Å². The predicted molar refractivity (Wildman–Crippen MR) is 99.2 cm³/mol. The lowest BCUT2D eigenvalue weighted by Gasteiger charge is -2.10. The third-order valence-corrected chi connectivity index (χ3v) is 4.22. The standard InChI is InChI=1S/C23H18F2/c1-3-5-17-8-12-19(13-9-17)21-15-14-20(22(24)23(21)25)18-10-6-16(4-2)7-11-18/h6-15H,4H2,1-2H3. The minimum atomic E-state index is -0.827. The van der Waals surface area contributed by atoms with Crippen molar-refractivity contribution in [1.29, 1.82) is 0 Å². The molecular formula is C23H18F2. The van der Waals surface area contributed by atoms with E-state index in [9.17, 15) is 8.78 Å². The molecule has 2 heteroatoms. The van der Waals surface area contributed by atoms with E-state index >= 15 is 0 Å². The van der Waals surface area contributed by atoms with Crippen molar-refractivity contribution >= 4 is 0 Å². The SMILES string of the molecule is CC#Cc1ccc(-c2ccc(-c3ccc(CC)cc3)c(F)c2F)cc1. The van der Waals surface area contributed by atoms with Gasteiger partial charge in [0.1, 0.15) is 0 Å². The van der Waals surface area contributed by atoms with Crippen LogP contribution in [0.15, 0.2) is 60.7 Å². The molecule has 0 unspecified atom stereocenters. The number of aryl methyl sites for hydroxylation is 1. The van der Waals surface area contributed by atoms with Crippen LogP contribution in [0, 0.1) is 23.5 Å². The highest BCUT2D eigenvalue weighted by Gasteiger charge is 2.15. The van der Waals surface area contributed by atoms with Crippen LogP contribution in [-0.2, 0) is 6.42 Å². The summed E-state index contributed by atoms with van der Waals surface area (Å²) in [4.78, 5) is 0. The van der Waals surface area contributed by atoms with E-state index in [0.717, 1.165) is 17.5 Å². The molecule has 0 aliphatic carbocycles. The Morgan fingerprint density at radius 2 is 1.20 bits per heavy atom. The second kappa shape index (κ2) is 7.32. The van der Waals surface area contributed by atoms with E-state index in [0.29, 0.717) is 11.1 Å². The number of hydrogen-bond acceptors (Lipinski definition) is 0. The van der Waals surface area contributed by atoms with Crippen LogP contribution < -0.4 is 0 Å². The Bertz CT molecular complexity index is 940. The van der Waals surface area contributed by atoms with Gasteiger partial charge in [0.15, 0.2) is 11.6 Å². The third kappa shape index (κ3) is 3.46. The van der Waals surface area contributed by atoms with Crippen LogP contribution in [0.2, 0.25) is 0 Å². The van der Waals surface area contributed by atoms with Gasteiger partial charge in [0, 0.05) is 16.7 Å². The Hall–Kier alpha value is -2.92. The van der Waals surface area contributed by atoms with Crippen LogP contribution in [0.5, 0.6) is 0 Å². The Morgan fingerprint density at radius 3 is 1.64 bits per heavy atom. The Balaban J connectivity index is 2.00. The lowest BCUT2D eigenvalue weighted by Crippen LogP contribution is -1.94. The highest BCUT2D eigenvalue weighted by atomic mass is 19.2. The molecule has 0 saturated heterocycles. The molecule has 0 aliphatic rings. The topological polar surface area (TPSA) is 0 Å². The molecule has 0 nitrogen and oxygen atoms in total. The molecule has 25 heavy (non-hydrogen) atoms. The van der Waals surface area contributed by atoms with Gasteiger partial charge in [-0.3, -0.25) is 0 Å². The quantitative estimate of drug-likeness (QED) is 0.499. The zero-order chi connectivity index (χ0) is 17.8. The van der Waals surface area contributed by atoms with Crippen molar-refractivity contribution < 1.29 is 8.78 Å². The first-order valence-electron chi connectivity index (χ1n) is 8.24. The second-order valence-electron chi connectivity index (χ2n) is 5.79. The van der Waals surface area contributed by atoms with E-state index in [1.807, 2.05) is 24.3 Å². The molecule has 3 aromatic carbocycles. The molecular weight excluding hydrogens is 314 g/mol. The highest BCUT2D eigenvalue weighted by Crippen LogP contribution is 2.31. The molecule has 124 valence electrons. The molecule has 0 aromatic heterocycles. The lowest BCUT2D eigenvalue weighted by molar-refractivity contribution is 0.514. The summed E-state index contributed by atoms with van der Waals surface area (Å²) in [5.74, 6) is 4.10. The Kier molecular flexibility index (Phi) is 4.95. The van der Waals surface area contributed by atoms with Crippen LogP contribution in [0.4, 0.5) is 8.78 Å². The van der Waals surface area contributed by atoms with Gasteiger partial charge in [0.05, 0.1) is 0 Å². The van der Waals surface area contributed by atoms with Crippen molar-refractivity contribution in [2.24, 2.45) is 0 Å². The summed E-state index contributed by atoms with van der Waals surface area (Å²) in [5.41, 5.74) is 3.84. The maximum Gasteiger partial charge on any atom is 0.167 e. The zero-order valence-corrected chi connectivity index (χ0v) is 14.2. The average molecular weight is 332 g/mol. The van der Waals surface area contributed by atoms with E-state index in [1.165, 1.54) is 0 Å². The van der Waals surface area contributed by atoms with E-state index in [2.05, 4.69) is 18.8 Å². The summed E-state index contributed by atoms with van der Waals surface area (Å²) in [6, 6.07) is 17.9. The molecule has 0 fully saturated rings. The summed E-state index contributed by atoms with van der Waals surface area (Å²) in [5, 5.41) is 0. The first kappa shape index (κ1) is 16.9. The van der Waals surface area contributed by atoms with Crippen LogP contribution >= 0.6 is 0 Å². The van der Waals surface area contributed by atoms with Crippen molar-refractivity contribution in [3.63, 3.8) is 0 Å². The predicted octanol–water partition coefficient (Wildman–Crippen LogP) is 6.23. The molecule has 0 spiro atoms. The van der Waals surface area contributed by atoms with Gasteiger partial charge >= 0.3 is 0 Å². The number of halogens is 2. The normalized spacial score (nSPS) is 10.2. The summed E-state index contributed by atoms with van der Waals surface area (Å²) in [7, 11) is 0. The fourth-order valence-electron chi connectivity index (χ4n) is 2.79. The van der Waals surface area contributed by atoms with Gasteiger partial charge in [-0.25, -0.2) is 8.78 Å². The van der Waals surface area contributed by atoms with Crippen LogP contribution in [-0.4, -0.2) is 0 Å².